The third-order valence-electron chi connectivity index (χ3n) is 3.15. The maximum atomic E-state index is 12.6. The number of methoxy groups -OCH3 is 1. The van der Waals surface area contributed by atoms with E-state index in [4.69, 9.17) is 10.5 Å². The molecule has 0 radical (unpaired) electrons. The summed E-state index contributed by atoms with van der Waals surface area (Å²) in [6, 6.07) is 4.92. The van der Waals surface area contributed by atoms with Crippen molar-refractivity contribution in [3.63, 3.8) is 0 Å². The van der Waals surface area contributed by atoms with Gasteiger partial charge in [-0.2, -0.15) is 0 Å². The molecule has 0 spiro atoms. The van der Waals surface area contributed by atoms with E-state index in [0.29, 0.717) is 29.4 Å². The van der Waals surface area contributed by atoms with Crippen LogP contribution in [0.5, 0.6) is 5.75 Å². The minimum Gasteiger partial charge on any atom is -0.495 e. The molecule has 1 rings (SSSR count). The van der Waals surface area contributed by atoms with Crippen molar-refractivity contribution < 1.29 is 13.7 Å². The van der Waals surface area contributed by atoms with E-state index >= 15 is 0 Å². The van der Waals surface area contributed by atoms with Gasteiger partial charge in [-0.3, -0.25) is 9.00 Å². The number of hydrogen-bond acceptors (Lipinski definition) is 4. The molecule has 0 saturated carbocycles. The fourth-order valence-corrected chi connectivity index (χ4v) is 3.18. The topological polar surface area (TPSA) is 72.6 Å². The largest absolute Gasteiger partial charge is 0.495 e. The molecule has 1 aromatic carbocycles. The van der Waals surface area contributed by atoms with Gasteiger partial charge in [-0.25, -0.2) is 0 Å². The van der Waals surface area contributed by atoms with E-state index in [-0.39, 0.29) is 5.91 Å². The average Bonchev–Trinajstić information content (AvgIpc) is 2.46. The molecule has 1 amide bonds. The summed E-state index contributed by atoms with van der Waals surface area (Å²) >= 11 is 0. The molecule has 0 aliphatic carbocycles. The highest BCUT2D eigenvalue weighted by atomic mass is 32.2. The molecule has 0 aromatic heterocycles. The number of hydrogen-bond donors (Lipinski definition) is 1. The number of rotatable bonds is 6. The molecule has 2 unspecified atom stereocenters. The number of nitrogen functional groups attached to an aromatic ring is 1. The Labute approximate surface area is 122 Å². The molecule has 2 N–H and O–H groups in total. The van der Waals surface area contributed by atoms with Crippen LogP contribution in [0.25, 0.3) is 0 Å². The molecule has 0 saturated heterocycles. The summed E-state index contributed by atoms with van der Waals surface area (Å²) in [7, 11) is 0.0189. The van der Waals surface area contributed by atoms with Crippen LogP contribution in [0.15, 0.2) is 23.1 Å². The first-order valence-corrected chi connectivity index (χ1v) is 7.80. The molecule has 112 valence electrons. The standard InChI is InChI=1S/C14H22N2O3S/c1-5-16(6-2)14(17)10(3)20(18)13-8-7-11(15)9-12(13)19-4/h7-10H,5-6,15H2,1-4H3. The van der Waals surface area contributed by atoms with Crippen LogP contribution in [0.1, 0.15) is 20.8 Å². The minimum atomic E-state index is -1.47. The van der Waals surface area contributed by atoms with Crippen molar-refractivity contribution in [2.45, 2.75) is 30.9 Å². The van der Waals surface area contributed by atoms with Gasteiger partial charge in [0.05, 0.1) is 22.8 Å². The number of nitrogens with two attached hydrogens (primary N) is 1. The maximum absolute atomic E-state index is 12.6. The van der Waals surface area contributed by atoms with Crippen molar-refractivity contribution in [2.24, 2.45) is 0 Å². The lowest BCUT2D eigenvalue weighted by atomic mass is 10.3. The van der Waals surface area contributed by atoms with Gasteiger partial charge in [-0.05, 0) is 32.9 Å². The van der Waals surface area contributed by atoms with E-state index in [1.54, 1.807) is 30.0 Å². The molecule has 0 aliphatic rings. The van der Waals surface area contributed by atoms with Crippen molar-refractivity contribution in [1.29, 1.82) is 0 Å². The summed E-state index contributed by atoms with van der Waals surface area (Å²) < 4.78 is 17.7. The van der Waals surface area contributed by atoms with Gasteiger partial charge in [-0.1, -0.05) is 0 Å². The summed E-state index contributed by atoms with van der Waals surface area (Å²) in [6.07, 6.45) is 0. The zero-order valence-electron chi connectivity index (χ0n) is 12.4. The molecule has 2 atom stereocenters. The number of benzene rings is 1. The van der Waals surface area contributed by atoms with Crippen LogP contribution in [-0.2, 0) is 15.6 Å². The second-order valence-electron chi connectivity index (χ2n) is 4.36. The van der Waals surface area contributed by atoms with Crippen LogP contribution in [0.4, 0.5) is 5.69 Å². The van der Waals surface area contributed by atoms with Crippen LogP contribution in [0.3, 0.4) is 0 Å². The second-order valence-corrected chi connectivity index (χ2v) is 6.10. The lowest BCUT2D eigenvalue weighted by Gasteiger charge is -2.23. The Morgan fingerprint density at radius 1 is 1.40 bits per heavy atom. The Morgan fingerprint density at radius 2 is 2.00 bits per heavy atom. The van der Waals surface area contributed by atoms with Crippen LogP contribution >= 0.6 is 0 Å². The molecule has 1 aromatic rings. The van der Waals surface area contributed by atoms with Gasteiger partial charge in [0, 0.05) is 24.8 Å². The first-order valence-electron chi connectivity index (χ1n) is 6.59. The highest BCUT2D eigenvalue weighted by molar-refractivity contribution is 7.86. The molecule has 20 heavy (non-hydrogen) atoms. The van der Waals surface area contributed by atoms with E-state index in [9.17, 15) is 9.00 Å². The third-order valence-corrected chi connectivity index (χ3v) is 4.76. The highest BCUT2D eigenvalue weighted by Gasteiger charge is 2.26. The van der Waals surface area contributed by atoms with Crippen molar-refractivity contribution >= 4 is 22.4 Å². The van der Waals surface area contributed by atoms with Gasteiger partial charge in [-0.15, -0.1) is 0 Å². The minimum absolute atomic E-state index is 0.118. The normalized spacial score (nSPS) is 13.6. The third kappa shape index (κ3) is 3.50. The van der Waals surface area contributed by atoms with Gasteiger partial charge in [0.15, 0.2) is 0 Å². The van der Waals surface area contributed by atoms with Crippen LogP contribution < -0.4 is 10.5 Å². The fraction of sp³-hybridized carbons (Fsp3) is 0.500. The first kappa shape index (κ1) is 16.5. The van der Waals surface area contributed by atoms with Gasteiger partial charge >= 0.3 is 0 Å². The Kier molecular flexibility index (Phi) is 6.01. The smallest absolute Gasteiger partial charge is 0.238 e. The van der Waals surface area contributed by atoms with Gasteiger partial charge < -0.3 is 15.4 Å². The lowest BCUT2D eigenvalue weighted by Crippen LogP contribution is -2.39. The van der Waals surface area contributed by atoms with Crippen molar-refractivity contribution in [3.05, 3.63) is 18.2 Å². The van der Waals surface area contributed by atoms with Crippen LogP contribution in [0, 0.1) is 0 Å². The molecular formula is C14H22N2O3S. The second kappa shape index (κ2) is 7.28. The van der Waals surface area contributed by atoms with E-state index in [0.717, 1.165) is 0 Å². The van der Waals surface area contributed by atoms with Gasteiger partial charge in [0.25, 0.3) is 0 Å². The number of ether oxygens (including phenoxy) is 1. The monoisotopic (exact) mass is 298 g/mol. The zero-order valence-corrected chi connectivity index (χ0v) is 13.2. The predicted octanol–water partition coefficient (Wildman–Crippen LogP) is 1.64. The summed E-state index contributed by atoms with van der Waals surface area (Å²) in [4.78, 5) is 14.4. The van der Waals surface area contributed by atoms with Gasteiger partial charge in [0.2, 0.25) is 5.91 Å². The number of nitrogens with zero attached hydrogens (tertiary/aromatic N) is 1. The summed E-state index contributed by atoms with van der Waals surface area (Å²) in [5, 5.41) is -0.618. The van der Waals surface area contributed by atoms with Crippen molar-refractivity contribution in [1.82, 2.24) is 4.90 Å². The van der Waals surface area contributed by atoms with E-state index in [2.05, 4.69) is 0 Å². The van der Waals surface area contributed by atoms with Gasteiger partial charge in [0.1, 0.15) is 11.0 Å². The van der Waals surface area contributed by atoms with Crippen LogP contribution in [-0.4, -0.2) is 40.5 Å². The molecular weight excluding hydrogens is 276 g/mol. The van der Waals surface area contributed by atoms with E-state index in [1.807, 2.05) is 13.8 Å². The first-order chi connectivity index (χ1) is 9.46. The predicted molar refractivity (Wildman–Crippen MR) is 81.2 cm³/mol. The fourth-order valence-electron chi connectivity index (χ4n) is 1.92. The number of anilines is 1. The molecule has 0 aliphatic heterocycles. The zero-order chi connectivity index (χ0) is 15.3. The Balaban J connectivity index is 3.03. The lowest BCUT2D eigenvalue weighted by molar-refractivity contribution is -0.129. The maximum Gasteiger partial charge on any atom is 0.238 e. The average molecular weight is 298 g/mol. The van der Waals surface area contributed by atoms with E-state index in [1.165, 1.54) is 7.11 Å². The Morgan fingerprint density at radius 3 is 2.50 bits per heavy atom. The highest BCUT2D eigenvalue weighted by Crippen LogP contribution is 2.27. The summed E-state index contributed by atoms with van der Waals surface area (Å²) in [6.45, 7) is 6.69. The molecule has 0 bridgehead atoms. The van der Waals surface area contributed by atoms with Crippen molar-refractivity contribution in [2.75, 3.05) is 25.9 Å². The summed E-state index contributed by atoms with van der Waals surface area (Å²) in [5.74, 6) is 0.328. The Bertz CT molecular complexity index is 501. The molecule has 0 fully saturated rings. The molecule has 6 heteroatoms. The van der Waals surface area contributed by atoms with Crippen molar-refractivity contribution in [3.8, 4) is 5.75 Å². The van der Waals surface area contributed by atoms with E-state index < -0.39 is 16.0 Å². The SMILES string of the molecule is CCN(CC)C(=O)C(C)S(=O)c1ccc(N)cc1OC. The molecule has 0 heterocycles. The number of amides is 1. The number of carbonyl (C=O) groups is 1. The number of carbonyl (C=O) groups excluding carboxylic acids is 1. The Hall–Kier alpha value is -1.56. The molecule has 5 nitrogen and oxygen atoms in total. The van der Waals surface area contributed by atoms with Crippen LogP contribution in [0.2, 0.25) is 0 Å². The summed E-state index contributed by atoms with van der Waals surface area (Å²) in [5.41, 5.74) is 6.21. The quantitative estimate of drug-likeness (QED) is 0.810.